The molecule has 1 aliphatic heterocycles. The van der Waals surface area contributed by atoms with Crippen molar-refractivity contribution in [3.8, 4) is 0 Å². The van der Waals surface area contributed by atoms with Crippen molar-refractivity contribution in [1.29, 1.82) is 0 Å². The SMILES string of the molecule is COCCOCCCNC(=O)C1CCCN1.Cl. The highest BCUT2D eigenvalue weighted by molar-refractivity contribution is 5.85. The predicted molar refractivity (Wildman–Crippen MR) is 68.6 cm³/mol. The van der Waals surface area contributed by atoms with Crippen LogP contribution in [0.4, 0.5) is 0 Å². The van der Waals surface area contributed by atoms with E-state index in [1.165, 1.54) is 0 Å². The van der Waals surface area contributed by atoms with E-state index >= 15 is 0 Å². The summed E-state index contributed by atoms with van der Waals surface area (Å²) in [6, 6.07) is 0.0226. The summed E-state index contributed by atoms with van der Waals surface area (Å²) < 4.78 is 10.1. The first-order chi connectivity index (χ1) is 7.84. The van der Waals surface area contributed by atoms with E-state index in [1.54, 1.807) is 7.11 Å². The molecule has 1 unspecified atom stereocenters. The van der Waals surface area contributed by atoms with Crippen LogP contribution in [-0.2, 0) is 14.3 Å². The zero-order valence-electron chi connectivity index (χ0n) is 10.4. The molecule has 0 aromatic rings. The van der Waals surface area contributed by atoms with Crippen molar-refractivity contribution in [2.24, 2.45) is 0 Å². The van der Waals surface area contributed by atoms with Crippen molar-refractivity contribution in [3.63, 3.8) is 0 Å². The first kappa shape index (κ1) is 16.6. The molecule has 102 valence electrons. The van der Waals surface area contributed by atoms with E-state index in [1.807, 2.05) is 0 Å². The molecule has 0 bridgehead atoms. The number of nitrogens with one attached hydrogen (secondary N) is 2. The molecular formula is C11H23ClN2O3. The minimum absolute atomic E-state index is 0. The van der Waals surface area contributed by atoms with Gasteiger partial charge in [0.15, 0.2) is 0 Å². The van der Waals surface area contributed by atoms with Gasteiger partial charge in [0.1, 0.15) is 0 Å². The third-order valence-corrected chi connectivity index (χ3v) is 2.57. The van der Waals surface area contributed by atoms with Crippen molar-refractivity contribution >= 4 is 18.3 Å². The fraction of sp³-hybridized carbons (Fsp3) is 0.909. The normalized spacial score (nSPS) is 18.8. The van der Waals surface area contributed by atoms with E-state index in [4.69, 9.17) is 9.47 Å². The number of amides is 1. The number of rotatable bonds is 8. The molecule has 1 aliphatic rings. The summed E-state index contributed by atoms with van der Waals surface area (Å²) in [5.41, 5.74) is 0. The summed E-state index contributed by atoms with van der Waals surface area (Å²) in [5, 5.41) is 6.07. The first-order valence-corrected chi connectivity index (χ1v) is 5.92. The number of carbonyl (C=O) groups excluding carboxylic acids is 1. The molecule has 1 atom stereocenters. The number of ether oxygens (including phenoxy) is 2. The van der Waals surface area contributed by atoms with Gasteiger partial charge in [-0.05, 0) is 25.8 Å². The summed E-state index contributed by atoms with van der Waals surface area (Å²) in [6.45, 7) is 3.55. The van der Waals surface area contributed by atoms with Crippen LogP contribution in [0.25, 0.3) is 0 Å². The van der Waals surface area contributed by atoms with Crippen LogP contribution in [0.5, 0.6) is 0 Å². The lowest BCUT2D eigenvalue weighted by atomic mass is 10.2. The fourth-order valence-corrected chi connectivity index (χ4v) is 1.66. The maximum absolute atomic E-state index is 11.5. The Hall–Kier alpha value is -0.360. The lowest BCUT2D eigenvalue weighted by Crippen LogP contribution is -2.40. The molecule has 0 spiro atoms. The molecule has 1 amide bonds. The summed E-state index contributed by atoms with van der Waals surface area (Å²) in [6.07, 6.45) is 2.90. The van der Waals surface area contributed by atoms with Gasteiger partial charge in [0, 0.05) is 20.3 Å². The Balaban J connectivity index is 0.00000256. The van der Waals surface area contributed by atoms with Gasteiger partial charge in [0.2, 0.25) is 5.91 Å². The molecule has 5 nitrogen and oxygen atoms in total. The van der Waals surface area contributed by atoms with E-state index in [0.717, 1.165) is 25.8 Å². The van der Waals surface area contributed by atoms with Crippen LogP contribution in [0.1, 0.15) is 19.3 Å². The molecule has 0 radical (unpaired) electrons. The summed E-state index contributed by atoms with van der Waals surface area (Å²) in [7, 11) is 1.65. The Kier molecular flexibility index (Phi) is 10.5. The Labute approximate surface area is 109 Å². The van der Waals surface area contributed by atoms with Gasteiger partial charge in [0.25, 0.3) is 0 Å². The largest absolute Gasteiger partial charge is 0.382 e. The average Bonchev–Trinajstić information content (AvgIpc) is 2.81. The molecule has 2 N–H and O–H groups in total. The third-order valence-electron chi connectivity index (χ3n) is 2.57. The minimum Gasteiger partial charge on any atom is -0.382 e. The molecule has 0 saturated carbocycles. The van der Waals surface area contributed by atoms with Crippen LogP contribution >= 0.6 is 12.4 Å². The van der Waals surface area contributed by atoms with E-state index in [0.29, 0.717) is 26.4 Å². The van der Waals surface area contributed by atoms with Crippen LogP contribution in [0.3, 0.4) is 0 Å². The molecule has 6 heteroatoms. The van der Waals surface area contributed by atoms with Crippen LogP contribution in [0.15, 0.2) is 0 Å². The number of hydrogen-bond acceptors (Lipinski definition) is 4. The van der Waals surface area contributed by atoms with Crippen LogP contribution in [0.2, 0.25) is 0 Å². The molecule has 17 heavy (non-hydrogen) atoms. The predicted octanol–water partition coefficient (Wildman–Crippen LogP) is 0.330. The molecule has 1 fully saturated rings. The highest BCUT2D eigenvalue weighted by Crippen LogP contribution is 2.04. The van der Waals surface area contributed by atoms with Gasteiger partial charge in [-0.2, -0.15) is 0 Å². The molecular weight excluding hydrogens is 244 g/mol. The van der Waals surface area contributed by atoms with Gasteiger partial charge in [-0.15, -0.1) is 12.4 Å². The molecule has 0 aromatic heterocycles. The second-order valence-electron chi connectivity index (χ2n) is 3.90. The Morgan fingerprint density at radius 3 is 2.88 bits per heavy atom. The van der Waals surface area contributed by atoms with E-state index < -0.39 is 0 Å². The Morgan fingerprint density at radius 1 is 1.41 bits per heavy atom. The Morgan fingerprint density at radius 2 is 2.24 bits per heavy atom. The highest BCUT2D eigenvalue weighted by atomic mass is 35.5. The van der Waals surface area contributed by atoms with Crippen LogP contribution in [0, 0.1) is 0 Å². The van der Waals surface area contributed by atoms with Crippen molar-refractivity contribution in [3.05, 3.63) is 0 Å². The van der Waals surface area contributed by atoms with Gasteiger partial charge < -0.3 is 20.1 Å². The zero-order valence-corrected chi connectivity index (χ0v) is 11.2. The maximum Gasteiger partial charge on any atom is 0.237 e. The second-order valence-corrected chi connectivity index (χ2v) is 3.90. The van der Waals surface area contributed by atoms with Crippen LogP contribution in [-0.4, -0.2) is 52.0 Å². The quantitative estimate of drug-likeness (QED) is 0.622. The molecule has 1 heterocycles. The molecule has 1 saturated heterocycles. The standard InChI is InChI=1S/C11H22N2O3.ClH/c1-15-8-9-16-7-3-6-13-11(14)10-4-2-5-12-10;/h10,12H,2-9H2,1H3,(H,13,14);1H. The third kappa shape index (κ3) is 7.54. The van der Waals surface area contributed by atoms with Crippen molar-refractivity contribution in [1.82, 2.24) is 10.6 Å². The highest BCUT2D eigenvalue weighted by Gasteiger charge is 2.20. The average molecular weight is 267 g/mol. The van der Waals surface area contributed by atoms with Crippen molar-refractivity contribution < 1.29 is 14.3 Å². The number of methoxy groups -OCH3 is 1. The summed E-state index contributed by atoms with van der Waals surface area (Å²) >= 11 is 0. The first-order valence-electron chi connectivity index (χ1n) is 5.92. The van der Waals surface area contributed by atoms with Gasteiger partial charge in [-0.3, -0.25) is 4.79 Å². The van der Waals surface area contributed by atoms with Gasteiger partial charge in [0.05, 0.1) is 19.3 Å². The van der Waals surface area contributed by atoms with E-state index in [-0.39, 0.29) is 24.4 Å². The summed E-state index contributed by atoms with van der Waals surface area (Å²) in [5.74, 6) is 0.120. The van der Waals surface area contributed by atoms with Gasteiger partial charge in [-0.25, -0.2) is 0 Å². The minimum atomic E-state index is 0. The monoisotopic (exact) mass is 266 g/mol. The lowest BCUT2D eigenvalue weighted by Gasteiger charge is -2.10. The smallest absolute Gasteiger partial charge is 0.237 e. The van der Waals surface area contributed by atoms with Crippen molar-refractivity contribution in [2.75, 3.05) is 40.0 Å². The van der Waals surface area contributed by atoms with Crippen molar-refractivity contribution in [2.45, 2.75) is 25.3 Å². The lowest BCUT2D eigenvalue weighted by molar-refractivity contribution is -0.122. The zero-order chi connectivity index (χ0) is 11.6. The molecule has 1 rings (SSSR count). The molecule has 0 aromatic carbocycles. The molecule has 0 aliphatic carbocycles. The fourth-order valence-electron chi connectivity index (χ4n) is 1.66. The van der Waals surface area contributed by atoms with Gasteiger partial charge in [-0.1, -0.05) is 0 Å². The number of halogens is 1. The topological polar surface area (TPSA) is 59.6 Å². The van der Waals surface area contributed by atoms with Crippen LogP contribution < -0.4 is 10.6 Å². The summed E-state index contributed by atoms with van der Waals surface area (Å²) in [4.78, 5) is 11.5. The number of carbonyl (C=O) groups is 1. The second kappa shape index (κ2) is 10.8. The Bertz CT molecular complexity index is 199. The van der Waals surface area contributed by atoms with E-state index in [9.17, 15) is 4.79 Å². The maximum atomic E-state index is 11.5. The van der Waals surface area contributed by atoms with E-state index in [2.05, 4.69) is 10.6 Å². The van der Waals surface area contributed by atoms with Gasteiger partial charge >= 0.3 is 0 Å². The number of hydrogen-bond donors (Lipinski definition) is 2.